The molecular formula is C8H8ClNO5S2. The minimum atomic E-state index is -3.96. The van der Waals surface area contributed by atoms with E-state index in [4.69, 9.17) is 10.7 Å². The molecule has 9 heteroatoms. The molecule has 6 nitrogen and oxygen atoms in total. The Morgan fingerprint density at radius 3 is 2.29 bits per heavy atom. The standard InChI is InChI=1S/C8H8ClNO5S2/c1-16(12,13)10-8(11)6-3-2-4-7(5-6)17(9,14)15/h2-5H,1H3,(H,10,11). The van der Waals surface area contributed by atoms with E-state index in [-0.39, 0.29) is 10.5 Å². The lowest BCUT2D eigenvalue weighted by Crippen LogP contribution is -2.29. The molecule has 0 aliphatic rings. The average Bonchev–Trinajstić information content (AvgIpc) is 2.14. The Hall–Kier alpha value is -1.12. The number of rotatable bonds is 3. The summed E-state index contributed by atoms with van der Waals surface area (Å²) >= 11 is 0. The van der Waals surface area contributed by atoms with Gasteiger partial charge in [-0.05, 0) is 18.2 Å². The van der Waals surface area contributed by atoms with Crippen LogP contribution in [-0.2, 0) is 19.1 Å². The fraction of sp³-hybridized carbons (Fsp3) is 0.125. The van der Waals surface area contributed by atoms with Crippen molar-refractivity contribution in [3.05, 3.63) is 29.8 Å². The molecule has 0 aliphatic carbocycles. The molecule has 0 saturated heterocycles. The lowest BCUT2D eigenvalue weighted by atomic mass is 10.2. The van der Waals surface area contributed by atoms with E-state index < -0.39 is 25.0 Å². The van der Waals surface area contributed by atoms with Crippen LogP contribution in [0.5, 0.6) is 0 Å². The van der Waals surface area contributed by atoms with E-state index in [0.29, 0.717) is 0 Å². The summed E-state index contributed by atoms with van der Waals surface area (Å²) < 4.78 is 45.4. The molecular weight excluding hydrogens is 290 g/mol. The zero-order valence-electron chi connectivity index (χ0n) is 8.55. The first-order valence-electron chi connectivity index (χ1n) is 4.16. The fourth-order valence-corrected chi connectivity index (χ4v) is 2.27. The molecule has 0 saturated carbocycles. The van der Waals surface area contributed by atoms with Crippen molar-refractivity contribution in [1.29, 1.82) is 0 Å². The van der Waals surface area contributed by atoms with Crippen LogP contribution in [0.15, 0.2) is 29.2 Å². The molecule has 0 bridgehead atoms. The van der Waals surface area contributed by atoms with Crippen molar-refractivity contribution in [3.8, 4) is 0 Å². The van der Waals surface area contributed by atoms with Gasteiger partial charge < -0.3 is 0 Å². The Bertz CT molecular complexity index is 650. The molecule has 0 fully saturated rings. The quantitative estimate of drug-likeness (QED) is 0.809. The predicted molar refractivity (Wildman–Crippen MR) is 61.8 cm³/mol. The summed E-state index contributed by atoms with van der Waals surface area (Å²) in [7, 11) is -2.57. The van der Waals surface area contributed by atoms with Gasteiger partial charge in [0.05, 0.1) is 11.2 Å². The van der Waals surface area contributed by atoms with Crippen LogP contribution in [0.25, 0.3) is 0 Å². The van der Waals surface area contributed by atoms with E-state index in [1.165, 1.54) is 18.2 Å². The van der Waals surface area contributed by atoms with E-state index in [1.807, 2.05) is 0 Å². The second-order valence-electron chi connectivity index (χ2n) is 3.17. The minimum Gasteiger partial charge on any atom is -0.268 e. The highest BCUT2D eigenvalue weighted by molar-refractivity contribution is 8.13. The minimum absolute atomic E-state index is 0.114. The molecule has 0 spiro atoms. The monoisotopic (exact) mass is 297 g/mol. The molecule has 17 heavy (non-hydrogen) atoms. The van der Waals surface area contributed by atoms with Gasteiger partial charge in [0.15, 0.2) is 0 Å². The van der Waals surface area contributed by atoms with Crippen molar-refractivity contribution in [2.24, 2.45) is 0 Å². The number of halogens is 1. The number of sulfonamides is 1. The maximum absolute atomic E-state index is 11.4. The van der Waals surface area contributed by atoms with Gasteiger partial charge in [0.2, 0.25) is 10.0 Å². The van der Waals surface area contributed by atoms with Gasteiger partial charge in [-0.3, -0.25) is 4.79 Å². The van der Waals surface area contributed by atoms with Crippen LogP contribution in [0.4, 0.5) is 0 Å². The van der Waals surface area contributed by atoms with Gasteiger partial charge in [-0.2, -0.15) is 0 Å². The third-order valence-corrected chi connectivity index (χ3v) is 3.56. The summed E-state index contributed by atoms with van der Waals surface area (Å²) in [5.41, 5.74) is -0.114. The van der Waals surface area contributed by atoms with E-state index in [2.05, 4.69) is 0 Å². The van der Waals surface area contributed by atoms with Gasteiger partial charge in [0, 0.05) is 16.2 Å². The number of hydrogen-bond donors (Lipinski definition) is 1. The lowest BCUT2D eigenvalue weighted by Gasteiger charge is -2.03. The van der Waals surface area contributed by atoms with Crippen molar-refractivity contribution >= 4 is 35.7 Å². The van der Waals surface area contributed by atoms with Crippen LogP contribution in [0.3, 0.4) is 0 Å². The molecule has 0 unspecified atom stereocenters. The number of benzene rings is 1. The number of carbonyl (C=O) groups excluding carboxylic acids is 1. The highest BCUT2D eigenvalue weighted by Gasteiger charge is 2.15. The van der Waals surface area contributed by atoms with Crippen molar-refractivity contribution in [1.82, 2.24) is 4.72 Å². The Morgan fingerprint density at radius 1 is 1.24 bits per heavy atom. The largest absolute Gasteiger partial charge is 0.268 e. The summed E-state index contributed by atoms with van der Waals surface area (Å²) in [6.45, 7) is 0. The van der Waals surface area contributed by atoms with Crippen LogP contribution in [0.1, 0.15) is 10.4 Å². The van der Waals surface area contributed by atoms with Crippen molar-refractivity contribution in [3.63, 3.8) is 0 Å². The van der Waals surface area contributed by atoms with Crippen molar-refractivity contribution in [2.75, 3.05) is 6.26 Å². The highest BCUT2D eigenvalue weighted by Crippen LogP contribution is 2.16. The highest BCUT2D eigenvalue weighted by atomic mass is 35.7. The fourth-order valence-electron chi connectivity index (χ4n) is 1.02. The van der Waals surface area contributed by atoms with Gasteiger partial charge in [0.1, 0.15) is 0 Å². The first-order chi connectivity index (χ1) is 7.59. The van der Waals surface area contributed by atoms with Crippen molar-refractivity contribution in [2.45, 2.75) is 4.90 Å². The zero-order chi connectivity index (χ0) is 13.3. The first-order valence-corrected chi connectivity index (χ1v) is 8.36. The van der Waals surface area contributed by atoms with Gasteiger partial charge in [-0.1, -0.05) is 6.07 Å². The Labute approximate surface area is 103 Å². The zero-order valence-corrected chi connectivity index (χ0v) is 10.9. The molecule has 0 heterocycles. The van der Waals surface area contributed by atoms with Gasteiger partial charge in [-0.25, -0.2) is 21.6 Å². The summed E-state index contributed by atoms with van der Waals surface area (Å²) in [6, 6.07) is 4.74. The number of nitrogens with one attached hydrogen (secondary N) is 1. The summed E-state index contributed by atoms with van der Waals surface area (Å²) in [5, 5.41) is 0. The van der Waals surface area contributed by atoms with E-state index in [1.54, 1.807) is 4.72 Å². The molecule has 0 aliphatic heterocycles. The smallest absolute Gasteiger partial charge is 0.264 e. The third-order valence-electron chi connectivity index (χ3n) is 1.66. The third kappa shape index (κ3) is 4.33. The van der Waals surface area contributed by atoms with Gasteiger partial charge >= 0.3 is 0 Å². The first kappa shape index (κ1) is 13.9. The van der Waals surface area contributed by atoms with Crippen LogP contribution in [-0.4, -0.2) is 29.0 Å². The summed E-state index contributed by atoms with van der Waals surface area (Å²) in [6.07, 6.45) is 0.813. The number of amides is 1. The topological polar surface area (TPSA) is 97.4 Å². The molecule has 94 valence electrons. The summed E-state index contributed by atoms with van der Waals surface area (Å²) in [4.78, 5) is 11.1. The average molecular weight is 298 g/mol. The van der Waals surface area contributed by atoms with Crippen LogP contribution >= 0.6 is 10.7 Å². The Kier molecular flexibility index (Phi) is 3.80. The number of hydrogen-bond acceptors (Lipinski definition) is 5. The normalized spacial score (nSPS) is 12.1. The molecule has 1 aromatic rings. The van der Waals surface area contributed by atoms with Crippen molar-refractivity contribution < 1.29 is 21.6 Å². The maximum Gasteiger partial charge on any atom is 0.264 e. The second-order valence-corrected chi connectivity index (χ2v) is 7.48. The van der Waals surface area contributed by atoms with E-state index >= 15 is 0 Å². The predicted octanol–water partition coefficient (Wildman–Crippen LogP) is 0.304. The number of carbonyl (C=O) groups is 1. The Morgan fingerprint density at radius 2 is 1.82 bits per heavy atom. The van der Waals surface area contributed by atoms with E-state index in [9.17, 15) is 21.6 Å². The molecule has 1 amide bonds. The SMILES string of the molecule is CS(=O)(=O)NC(=O)c1cccc(S(=O)(=O)Cl)c1. The molecule has 1 rings (SSSR count). The van der Waals surface area contributed by atoms with E-state index in [0.717, 1.165) is 12.3 Å². The Balaban J connectivity index is 3.14. The molecule has 1 N–H and O–H groups in total. The molecule has 0 radical (unpaired) electrons. The molecule has 0 atom stereocenters. The van der Waals surface area contributed by atoms with Crippen LogP contribution in [0.2, 0.25) is 0 Å². The lowest BCUT2D eigenvalue weighted by molar-refractivity contribution is 0.0981. The second kappa shape index (κ2) is 4.63. The maximum atomic E-state index is 11.4. The van der Waals surface area contributed by atoms with Gasteiger partial charge in [-0.15, -0.1) is 0 Å². The van der Waals surface area contributed by atoms with Gasteiger partial charge in [0.25, 0.3) is 15.0 Å². The summed E-state index contributed by atoms with van der Waals surface area (Å²) in [5.74, 6) is -0.922. The molecule has 1 aromatic carbocycles. The molecule has 0 aromatic heterocycles. The van der Waals surface area contributed by atoms with Crippen LogP contribution in [0, 0.1) is 0 Å². The van der Waals surface area contributed by atoms with Crippen LogP contribution < -0.4 is 4.72 Å².